The zero-order valence-electron chi connectivity index (χ0n) is 14.9. The number of furan rings is 1. The van der Waals surface area contributed by atoms with Crippen LogP contribution < -0.4 is 0 Å². The van der Waals surface area contributed by atoms with Gasteiger partial charge >= 0.3 is 0 Å². The van der Waals surface area contributed by atoms with Gasteiger partial charge in [0.15, 0.2) is 0 Å². The monoisotopic (exact) mass is 337 g/mol. The van der Waals surface area contributed by atoms with Crippen molar-refractivity contribution in [3.05, 3.63) is 89.0 Å². The molecule has 26 heavy (non-hydrogen) atoms. The Morgan fingerprint density at radius 2 is 1.65 bits per heavy atom. The molecule has 1 aromatic heterocycles. The van der Waals surface area contributed by atoms with Crippen LogP contribution in [-0.2, 0) is 0 Å². The fraction of sp³-hybridized carbons (Fsp3) is 0.125. The zero-order valence-corrected chi connectivity index (χ0v) is 14.9. The van der Waals surface area contributed by atoms with E-state index >= 15 is 0 Å². The maximum Gasteiger partial charge on any atom is 0.141 e. The Labute approximate surface area is 152 Å². The molecule has 2 heteroatoms. The second-order valence-corrected chi connectivity index (χ2v) is 6.98. The number of fused-ring (bicyclic) bond motifs is 3. The number of aryl methyl sites for hydroxylation is 2. The van der Waals surface area contributed by atoms with E-state index in [1.165, 1.54) is 22.3 Å². The van der Waals surface area contributed by atoms with E-state index in [9.17, 15) is 0 Å². The van der Waals surface area contributed by atoms with Gasteiger partial charge in [0.25, 0.3) is 0 Å². The fourth-order valence-corrected chi connectivity index (χ4v) is 3.77. The van der Waals surface area contributed by atoms with Crippen LogP contribution in [0.25, 0.3) is 27.5 Å². The number of allylic oxidation sites excluding steroid dienone is 1. The maximum absolute atomic E-state index is 6.23. The number of para-hydroxylation sites is 1. The van der Waals surface area contributed by atoms with Gasteiger partial charge in [0, 0.05) is 22.6 Å². The lowest BCUT2D eigenvalue weighted by atomic mass is 9.97. The summed E-state index contributed by atoms with van der Waals surface area (Å²) in [5, 5.41) is 2.32. The first kappa shape index (κ1) is 15.2. The molecule has 5 rings (SSSR count). The van der Waals surface area contributed by atoms with Crippen molar-refractivity contribution in [2.45, 2.75) is 19.9 Å². The number of hydrogen-bond acceptors (Lipinski definition) is 2. The summed E-state index contributed by atoms with van der Waals surface area (Å²) in [6.07, 6.45) is 4.22. The molecule has 4 aromatic rings. The first-order chi connectivity index (χ1) is 12.7. The van der Waals surface area contributed by atoms with Crippen molar-refractivity contribution >= 4 is 33.7 Å². The van der Waals surface area contributed by atoms with Crippen LogP contribution in [0.4, 0.5) is 0 Å². The lowest BCUT2D eigenvalue weighted by molar-refractivity contribution is 0.659. The minimum atomic E-state index is -0.00411. The molecule has 2 nitrogen and oxygen atoms in total. The lowest BCUT2D eigenvalue weighted by Gasteiger charge is -2.10. The summed E-state index contributed by atoms with van der Waals surface area (Å²) in [6.45, 7) is 4.24. The molecule has 0 saturated heterocycles. The third-order valence-corrected chi connectivity index (χ3v) is 5.20. The Morgan fingerprint density at radius 1 is 0.846 bits per heavy atom. The van der Waals surface area contributed by atoms with Gasteiger partial charge in [-0.2, -0.15) is 0 Å². The Kier molecular flexibility index (Phi) is 3.32. The highest BCUT2D eigenvalue weighted by Gasteiger charge is 2.21. The van der Waals surface area contributed by atoms with Gasteiger partial charge in [-0.3, -0.25) is 4.99 Å². The summed E-state index contributed by atoms with van der Waals surface area (Å²) < 4.78 is 6.23. The zero-order chi connectivity index (χ0) is 17.7. The van der Waals surface area contributed by atoms with Crippen molar-refractivity contribution in [1.29, 1.82) is 0 Å². The van der Waals surface area contributed by atoms with Gasteiger partial charge in [0.05, 0.1) is 6.04 Å². The molecule has 0 radical (unpaired) electrons. The molecule has 1 aliphatic rings. The molecule has 0 spiro atoms. The first-order valence-corrected chi connectivity index (χ1v) is 8.93. The molecule has 1 atom stereocenters. The molecule has 0 fully saturated rings. The second-order valence-electron chi connectivity index (χ2n) is 6.98. The Hall–Kier alpha value is -3.13. The summed E-state index contributed by atoms with van der Waals surface area (Å²) in [6, 6.07) is 21.1. The Balaban J connectivity index is 1.66. The molecule has 0 saturated carbocycles. The average molecular weight is 337 g/mol. The predicted octanol–water partition coefficient (Wildman–Crippen LogP) is 6.41. The fourth-order valence-electron chi connectivity index (χ4n) is 3.77. The number of benzene rings is 3. The maximum atomic E-state index is 6.23. The van der Waals surface area contributed by atoms with Crippen LogP contribution in [0.5, 0.6) is 0 Å². The molecule has 3 aromatic carbocycles. The normalized spacial score (nSPS) is 16.5. The van der Waals surface area contributed by atoms with Crippen LogP contribution in [-0.4, -0.2) is 6.21 Å². The first-order valence-electron chi connectivity index (χ1n) is 8.93. The molecule has 0 aliphatic carbocycles. The largest absolute Gasteiger partial charge is 0.456 e. The summed E-state index contributed by atoms with van der Waals surface area (Å²) in [5.41, 5.74) is 7.90. The van der Waals surface area contributed by atoms with Crippen LogP contribution in [0.2, 0.25) is 0 Å². The third kappa shape index (κ3) is 2.30. The minimum absolute atomic E-state index is 0.00411. The summed E-state index contributed by atoms with van der Waals surface area (Å²) in [5.74, 6) is 0. The average Bonchev–Trinajstić information content (AvgIpc) is 3.27. The Bertz CT molecular complexity index is 1190. The van der Waals surface area contributed by atoms with E-state index in [4.69, 9.17) is 9.41 Å². The predicted molar refractivity (Wildman–Crippen MR) is 109 cm³/mol. The van der Waals surface area contributed by atoms with Crippen molar-refractivity contribution in [3.63, 3.8) is 0 Å². The van der Waals surface area contributed by atoms with Crippen molar-refractivity contribution in [2.24, 2.45) is 4.99 Å². The molecule has 0 N–H and O–H groups in total. The Morgan fingerprint density at radius 3 is 2.50 bits per heavy atom. The van der Waals surface area contributed by atoms with Gasteiger partial charge < -0.3 is 4.42 Å². The molecule has 1 unspecified atom stereocenters. The summed E-state index contributed by atoms with van der Waals surface area (Å²) >= 11 is 0. The third-order valence-electron chi connectivity index (χ3n) is 5.20. The summed E-state index contributed by atoms with van der Waals surface area (Å²) in [4.78, 5) is 4.79. The van der Waals surface area contributed by atoms with E-state index in [1.54, 1.807) is 0 Å². The minimum Gasteiger partial charge on any atom is -0.456 e. The van der Waals surface area contributed by atoms with Crippen molar-refractivity contribution in [3.8, 4) is 0 Å². The van der Waals surface area contributed by atoms with Gasteiger partial charge in [0.1, 0.15) is 11.2 Å². The van der Waals surface area contributed by atoms with Gasteiger partial charge in [-0.1, -0.05) is 60.2 Å². The van der Waals surface area contributed by atoms with E-state index < -0.39 is 0 Å². The molecule has 2 heterocycles. The van der Waals surface area contributed by atoms with E-state index in [0.29, 0.717) is 0 Å². The molecular weight excluding hydrogens is 318 g/mol. The van der Waals surface area contributed by atoms with E-state index in [1.807, 2.05) is 18.3 Å². The van der Waals surface area contributed by atoms with Crippen molar-refractivity contribution < 1.29 is 4.42 Å². The SMILES string of the molecule is Cc1ccc(C2=CC(c3c(C)ccc4c3oc3ccccc34)N=C2)cc1. The molecule has 1 aliphatic heterocycles. The second kappa shape index (κ2) is 5.70. The van der Waals surface area contributed by atoms with Crippen LogP contribution in [0.15, 0.2) is 76.1 Å². The van der Waals surface area contributed by atoms with E-state index in [0.717, 1.165) is 27.5 Å². The number of rotatable bonds is 2. The van der Waals surface area contributed by atoms with Crippen molar-refractivity contribution in [2.75, 3.05) is 0 Å². The lowest BCUT2D eigenvalue weighted by Crippen LogP contribution is -1.94. The van der Waals surface area contributed by atoms with Crippen LogP contribution >= 0.6 is 0 Å². The highest BCUT2D eigenvalue weighted by atomic mass is 16.3. The van der Waals surface area contributed by atoms with Gasteiger partial charge in [-0.15, -0.1) is 0 Å². The van der Waals surface area contributed by atoms with E-state index in [2.05, 4.69) is 68.5 Å². The smallest absolute Gasteiger partial charge is 0.141 e. The summed E-state index contributed by atoms with van der Waals surface area (Å²) in [7, 11) is 0. The molecule has 0 amide bonds. The van der Waals surface area contributed by atoms with Gasteiger partial charge in [-0.05, 0) is 42.7 Å². The molecule has 0 bridgehead atoms. The standard InChI is InChI=1S/C24H19NO/c1-15-7-10-17(11-8-15)18-13-21(25-14-18)23-16(2)9-12-20-19-5-3-4-6-22(19)26-24(20)23/h3-14,21H,1-2H3. The van der Waals surface area contributed by atoms with Crippen LogP contribution in [0, 0.1) is 13.8 Å². The highest BCUT2D eigenvalue weighted by Crippen LogP contribution is 2.39. The molecule has 126 valence electrons. The van der Waals surface area contributed by atoms with Crippen molar-refractivity contribution in [1.82, 2.24) is 0 Å². The molecular formula is C24H19NO. The van der Waals surface area contributed by atoms with Crippen LogP contribution in [0.3, 0.4) is 0 Å². The van der Waals surface area contributed by atoms with Gasteiger partial charge in [-0.25, -0.2) is 0 Å². The highest BCUT2D eigenvalue weighted by molar-refractivity contribution is 6.12. The van der Waals surface area contributed by atoms with Gasteiger partial charge in [0.2, 0.25) is 0 Å². The van der Waals surface area contributed by atoms with Crippen LogP contribution in [0.1, 0.15) is 28.3 Å². The quantitative estimate of drug-likeness (QED) is 0.415. The number of nitrogens with zero attached hydrogens (tertiary/aromatic N) is 1. The number of hydrogen-bond donors (Lipinski definition) is 0. The number of aliphatic imine (C=N–C) groups is 1. The van der Waals surface area contributed by atoms with E-state index in [-0.39, 0.29) is 6.04 Å². The topological polar surface area (TPSA) is 25.5 Å².